The SMILES string of the molecule is CCNC(=O)N1CCN(C(=O)c2ccccc2OCC)CC1. The van der Waals surface area contributed by atoms with E-state index in [0.29, 0.717) is 50.6 Å². The number of urea groups is 1. The quantitative estimate of drug-likeness (QED) is 0.918. The summed E-state index contributed by atoms with van der Waals surface area (Å²) in [6, 6.07) is 7.21. The van der Waals surface area contributed by atoms with Crippen molar-refractivity contribution in [3.63, 3.8) is 0 Å². The third-order valence-electron chi connectivity index (χ3n) is 3.60. The van der Waals surface area contributed by atoms with Crippen molar-refractivity contribution < 1.29 is 14.3 Å². The monoisotopic (exact) mass is 305 g/mol. The van der Waals surface area contributed by atoms with Crippen LogP contribution in [0.3, 0.4) is 0 Å². The number of hydrogen-bond acceptors (Lipinski definition) is 3. The van der Waals surface area contributed by atoms with Gasteiger partial charge in [0.2, 0.25) is 0 Å². The lowest BCUT2D eigenvalue weighted by atomic mass is 10.1. The number of hydrogen-bond donors (Lipinski definition) is 1. The maximum Gasteiger partial charge on any atom is 0.317 e. The van der Waals surface area contributed by atoms with Gasteiger partial charge in [-0.05, 0) is 26.0 Å². The molecule has 1 aliphatic heterocycles. The average molecular weight is 305 g/mol. The first-order valence-electron chi connectivity index (χ1n) is 7.71. The number of carbonyl (C=O) groups excluding carboxylic acids is 2. The van der Waals surface area contributed by atoms with Crippen LogP contribution in [0.15, 0.2) is 24.3 Å². The second-order valence-electron chi connectivity index (χ2n) is 5.04. The first kappa shape index (κ1) is 16.1. The fraction of sp³-hybridized carbons (Fsp3) is 0.500. The van der Waals surface area contributed by atoms with Gasteiger partial charge in [-0.25, -0.2) is 4.79 Å². The van der Waals surface area contributed by atoms with E-state index < -0.39 is 0 Å². The zero-order chi connectivity index (χ0) is 15.9. The van der Waals surface area contributed by atoms with Crippen molar-refractivity contribution in [2.75, 3.05) is 39.3 Å². The number of nitrogens with zero attached hydrogens (tertiary/aromatic N) is 2. The number of piperazine rings is 1. The van der Waals surface area contributed by atoms with Crippen LogP contribution in [0.1, 0.15) is 24.2 Å². The minimum Gasteiger partial charge on any atom is -0.493 e. The van der Waals surface area contributed by atoms with Gasteiger partial charge in [0.25, 0.3) is 5.91 Å². The van der Waals surface area contributed by atoms with Crippen molar-refractivity contribution in [3.05, 3.63) is 29.8 Å². The highest BCUT2D eigenvalue weighted by molar-refractivity contribution is 5.97. The van der Waals surface area contributed by atoms with E-state index in [0.717, 1.165) is 0 Å². The molecule has 6 nitrogen and oxygen atoms in total. The Morgan fingerprint density at radius 1 is 1.09 bits per heavy atom. The van der Waals surface area contributed by atoms with E-state index in [1.807, 2.05) is 32.0 Å². The lowest BCUT2D eigenvalue weighted by molar-refractivity contribution is 0.0661. The Hall–Kier alpha value is -2.24. The summed E-state index contributed by atoms with van der Waals surface area (Å²) in [5.74, 6) is 0.570. The zero-order valence-corrected chi connectivity index (χ0v) is 13.2. The highest BCUT2D eigenvalue weighted by Crippen LogP contribution is 2.20. The Kier molecular flexibility index (Phi) is 5.63. The molecule has 0 spiro atoms. The van der Waals surface area contributed by atoms with Crippen molar-refractivity contribution >= 4 is 11.9 Å². The minimum absolute atomic E-state index is 0.0420. The molecule has 0 unspecified atom stereocenters. The normalized spacial score (nSPS) is 14.6. The predicted molar refractivity (Wildman–Crippen MR) is 84.2 cm³/mol. The van der Waals surface area contributed by atoms with Crippen LogP contribution < -0.4 is 10.1 Å². The number of carbonyl (C=O) groups is 2. The number of amides is 3. The van der Waals surface area contributed by atoms with Crippen LogP contribution in [0, 0.1) is 0 Å². The molecule has 0 atom stereocenters. The molecular formula is C16H23N3O3. The van der Waals surface area contributed by atoms with E-state index >= 15 is 0 Å². The van der Waals surface area contributed by atoms with E-state index in [4.69, 9.17) is 4.74 Å². The fourth-order valence-corrected chi connectivity index (χ4v) is 2.47. The predicted octanol–water partition coefficient (Wildman–Crippen LogP) is 1.57. The minimum atomic E-state index is -0.0654. The molecule has 1 heterocycles. The van der Waals surface area contributed by atoms with Crippen LogP contribution in [0.25, 0.3) is 0 Å². The topological polar surface area (TPSA) is 61.9 Å². The molecule has 22 heavy (non-hydrogen) atoms. The van der Waals surface area contributed by atoms with Gasteiger partial charge in [-0.2, -0.15) is 0 Å². The Morgan fingerprint density at radius 2 is 1.73 bits per heavy atom. The summed E-state index contributed by atoms with van der Waals surface area (Å²) in [5.41, 5.74) is 0.579. The zero-order valence-electron chi connectivity index (χ0n) is 13.2. The molecule has 120 valence electrons. The third-order valence-corrected chi connectivity index (χ3v) is 3.60. The Bertz CT molecular complexity index is 525. The molecule has 1 saturated heterocycles. The summed E-state index contributed by atoms with van der Waals surface area (Å²) in [5, 5.41) is 2.78. The van der Waals surface area contributed by atoms with E-state index in [9.17, 15) is 9.59 Å². The van der Waals surface area contributed by atoms with Gasteiger partial charge in [0.05, 0.1) is 12.2 Å². The number of nitrogens with one attached hydrogen (secondary N) is 1. The Morgan fingerprint density at radius 3 is 2.36 bits per heavy atom. The molecule has 1 aliphatic rings. The highest BCUT2D eigenvalue weighted by Gasteiger charge is 2.26. The van der Waals surface area contributed by atoms with Crippen LogP contribution in [-0.2, 0) is 0 Å². The summed E-state index contributed by atoms with van der Waals surface area (Å²) in [6.07, 6.45) is 0. The number of benzene rings is 1. The molecule has 6 heteroatoms. The summed E-state index contributed by atoms with van der Waals surface area (Å²) in [4.78, 5) is 27.9. The van der Waals surface area contributed by atoms with E-state index in [1.165, 1.54) is 0 Å². The molecule has 0 aliphatic carbocycles. The first-order valence-corrected chi connectivity index (χ1v) is 7.71. The van der Waals surface area contributed by atoms with Gasteiger partial charge in [0.1, 0.15) is 5.75 Å². The van der Waals surface area contributed by atoms with E-state index in [-0.39, 0.29) is 11.9 Å². The molecule has 1 aromatic carbocycles. The summed E-state index contributed by atoms with van der Waals surface area (Å²) in [7, 11) is 0. The number of para-hydroxylation sites is 1. The second kappa shape index (κ2) is 7.68. The molecule has 3 amide bonds. The highest BCUT2D eigenvalue weighted by atomic mass is 16.5. The molecule has 1 aromatic rings. The lowest BCUT2D eigenvalue weighted by Gasteiger charge is -2.34. The van der Waals surface area contributed by atoms with E-state index in [2.05, 4.69) is 5.32 Å². The van der Waals surface area contributed by atoms with Crippen LogP contribution >= 0.6 is 0 Å². The molecule has 0 bridgehead atoms. The molecule has 2 rings (SSSR count). The Labute approximate surface area is 131 Å². The van der Waals surface area contributed by atoms with Crippen LogP contribution in [0.5, 0.6) is 5.75 Å². The molecular weight excluding hydrogens is 282 g/mol. The van der Waals surface area contributed by atoms with Crippen molar-refractivity contribution in [1.82, 2.24) is 15.1 Å². The van der Waals surface area contributed by atoms with Crippen molar-refractivity contribution in [1.29, 1.82) is 0 Å². The summed E-state index contributed by atoms with van der Waals surface area (Å²) < 4.78 is 5.52. The average Bonchev–Trinajstić information content (AvgIpc) is 2.55. The lowest BCUT2D eigenvalue weighted by Crippen LogP contribution is -2.53. The van der Waals surface area contributed by atoms with Crippen LogP contribution in [-0.4, -0.2) is 61.1 Å². The van der Waals surface area contributed by atoms with Crippen molar-refractivity contribution in [3.8, 4) is 5.75 Å². The van der Waals surface area contributed by atoms with Gasteiger partial charge in [-0.3, -0.25) is 4.79 Å². The second-order valence-corrected chi connectivity index (χ2v) is 5.04. The first-order chi connectivity index (χ1) is 10.7. The van der Waals surface area contributed by atoms with Crippen LogP contribution in [0.2, 0.25) is 0 Å². The molecule has 0 radical (unpaired) electrons. The standard InChI is InChI=1S/C16H23N3O3/c1-3-17-16(21)19-11-9-18(10-12-19)15(20)13-7-5-6-8-14(13)22-4-2/h5-8H,3-4,9-12H2,1-2H3,(H,17,21). The Balaban J connectivity index is 1.99. The van der Waals surface area contributed by atoms with Crippen LogP contribution in [0.4, 0.5) is 4.79 Å². The number of ether oxygens (including phenoxy) is 1. The molecule has 0 aromatic heterocycles. The summed E-state index contributed by atoms with van der Waals surface area (Å²) >= 11 is 0. The van der Waals surface area contributed by atoms with Gasteiger partial charge < -0.3 is 19.9 Å². The third kappa shape index (κ3) is 3.69. The fourth-order valence-electron chi connectivity index (χ4n) is 2.47. The van der Waals surface area contributed by atoms with Gasteiger partial charge in [-0.1, -0.05) is 12.1 Å². The molecule has 1 N–H and O–H groups in total. The molecule has 1 fully saturated rings. The van der Waals surface area contributed by atoms with Gasteiger partial charge in [-0.15, -0.1) is 0 Å². The van der Waals surface area contributed by atoms with Gasteiger partial charge >= 0.3 is 6.03 Å². The van der Waals surface area contributed by atoms with Gasteiger partial charge in [0.15, 0.2) is 0 Å². The summed E-state index contributed by atoms with van der Waals surface area (Å²) in [6.45, 7) is 7.10. The van der Waals surface area contributed by atoms with Crippen molar-refractivity contribution in [2.45, 2.75) is 13.8 Å². The largest absolute Gasteiger partial charge is 0.493 e. The smallest absolute Gasteiger partial charge is 0.317 e. The van der Waals surface area contributed by atoms with E-state index in [1.54, 1.807) is 15.9 Å². The molecule has 0 saturated carbocycles. The maximum atomic E-state index is 12.6. The maximum absolute atomic E-state index is 12.6. The number of rotatable bonds is 4. The van der Waals surface area contributed by atoms with Gasteiger partial charge in [0, 0.05) is 32.7 Å². The van der Waals surface area contributed by atoms with Crippen molar-refractivity contribution in [2.24, 2.45) is 0 Å².